The molecule has 1 aliphatic rings. The van der Waals surface area contributed by atoms with Crippen LogP contribution in [-0.4, -0.2) is 55.0 Å². The summed E-state index contributed by atoms with van der Waals surface area (Å²) in [6.45, 7) is 22.8. The van der Waals surface area contributed by atoms with Crippen molar-refractivity contribution in [3.63, 3.8) is 0 Å². The normalized spacial score (nSPS) is 22.9. The van der Waals surface area contributed by atoms with Crippen molar-refractivity contribution >= 4 is 33.7 Å². The topological polar surface area (TPSA) is 117 Å². The minimum absolute atomic E-state index is 0.0548. The second kappa shape index (κ2) is 8.60. The van der Waals surface area contributed by atoms with Crippen LogP contribution in [0.5, 0.6) is 0 Å². The average Bonchev–Trinajstić information content (AvgIpc) is 3.21. The molecule has 1 saturated heterocycles. The molecule has 1 fully saturated rings. The Kier molecular flexibility index (Phi) is 6.79. The number of nitrogens with zero attached hydrogens (tertiary/aromatic N) is 3. The molecule has 1 aliphatic heterocycles. The van der Waals surface area contributed by atoms with Crippen molar-refractivity contribution in [1.82, 2.24) is 19.5 Å². The van der Waals surface area contributed by atoms with Gasteiger partial charge in [0.25, 0.3) is 5.56 Å². The minimum Gasteiger partial charge on any atom is -0.414 e. The van der Waals surface area contributed by atoms with Crippen molar-refractivity contribution in [2.75, 3.05) is 12.3 Å². The molecule has 186 valence electrons. The zero-order valence-corrected chi connectivity index (χ0v) is 23.8. The number of fused-ring (bicyclic) bond motifs is 1. The molecule has 3 atom stereocenters. The maximum Gasteiger partial charge on any atom is 0.280 e. The van der Waals surface area contributed by atoms with Crippen molar-refractivity contribution in [3.05, 3.63) is 16.7 Å². The summed E-state index contributed by atoms with van der Waals surface area (Å²) in [5.74, 6) is 0.0548. The molecule has 0 unspecified atom stereocenters. The van der Waals surface area contributed by atoms with Gasteiger partial charge in [-0.25, -0.2) is 4.98 Å². The molecule has 3 N–H and O–H groups in total. The highest BCUT2D eigenvalue weighted by Crippen LogP contribution is 2.42. The Labute approximate surface area is 198 Å². The Balaban J connectivity index is 1.91. The first-order valence-corrected chi connectivity index (χ1v) is 17.4. The highest BCUT2D eigenvalue weighted by atomic mass is 28.4. The van der Waals surface area contributed by atoms with Crippen LogP contribution in [0.4, 0.5) is 5.95 Å². The molecule has 2 aromatic heterocycles. The van der Waals surface area contributed by atoms with Gasteiger partial charge in [-0.15, -0.1) is 0 Å². The molecular weight excluding hydrogens is 454 g/mol. The van der Waals surface area contributed by atoms with E-state index in [2.05, 4.69) is 82.7 Å². The fourth-order valence-corrected chi connectivity index (χ4v) is 5.73. The van der Waals surface area contributed by atoms with Gasteiger partial charge in [-0.3, -0.25) is 14.3 Å². The summed E-state index contributed by atoms with van der Waals surface area (Å²) >= 11 is 0. The first kappa shape index (κ1) is 26.1. The van der Waals surface area contributed by atoms with E-state index < -0.39 is 16.6 Å². The van der Waals surface area contributed by atoms with E-state index in [1.807, 2.05) is 0 Å². The number of nitrogen functional groups attached to an aromatic ring is 1. The Hall–Kier alpha value is -1.54. The molecule has 0 amide bonds. The molecule has 11 heteroatoms. The lowest BCUT2D eigenvalue weighted by molar-refractivity contribution is -0.0383. The number of hydrogen-bond acceptors (Lipinski definition) is 7. The van der Waals surface area contributed by atoms with Gasteiger partial charge in [-0.1, -0.05) is 41.5 Å². The third-order valence-corrected chi connectivity index (χ3v) is 16.6. The number of rotatable bonds is 6. The fourth-order valence-electron chi connectivity index (χ4n) is 3.36. The fraction of sp³-hybridized carbons (Fsp3) is 0.773. The monoisotopic (exact) mass is 495 g/mol. The molecule has 3 heterocycles. The molecule has 0 aromatic carbocycles. The summed E-state index contributed by atoms with van der Waals surface area (Å²) in [4.78, 5) is 23.3. The number of hydrogen-bond donors (Lipinski definition) is 2. The van der Waals surface area contributed by atoms with E-state index in [-0.39, 0.29) is 45.5 Å². The van der Waals surface area contributed by atoms with Crippen LogP contribution in [0.1, 0.15) is 54.2 Å². The number of aromatic amines is 1. The first-order valence-electron chi connectivity index (χ1n) is 11.6. The number of nitrogens with one attached hydrogen (secondary N) is 1. The molecule has 3 rings (SSSR count). The van der Waals surface area contributed by atoms with E-state index in [1.54, 1.807) is 10.9 Å². The second-order valence-corrected chi connectivity index (χ2v) is 21.7. The van der Waals surface area contributed by atoms with Crippen molar-refractivity contribution in [2.45, 2.75) is 103 Å². The predicted octanol–water partition coefficient (Wildman–Crippen LogP) is 4.40. The SMILES string of the molecule is CC(C)(C)[Si](C)(C)OC[C@H]1O[C@@H](n2cnc3c(=O)[nH]c(N)nc32)C[C@@H]1O[Si](C)(C)C(C)(C)C. The number of aromatic nitrogens is 4. The minimum atomic E-state index is -2.05. The summed E-state index contributed by atoms with van der Waals surface area (Å²) in [5, 5.41) is 0.171. The smallest absolute Gasteiger partial charge is 0.280 e. The largest absolute Gasteiger partial charge is 0.414 e. The van der Waals surface area contributed by atoms with Gasteiger partial charge in [-0.05, 0) is 36.3 Å². The average molecular weight is 496 g/mol. The zero-order valence-electron chi connectivity index (χ0n) is 21.8. The second-order valence-electron chi connectivity index (χ2n) is 12.1. The van der Waals surface area contributed by atoms with Crippen LogP contribution < -0.4 is 11.3 Å². The molecule has 0 aliphatic carbocycles. The van der Waals surface area contributed by atoms with Gasteiger partial charge in [0.1, 0.15) is 12.3 Å². The lowest BCUT2D eigenvalue weighted by atomic mass is 10.2. The number of imidazole rings is 1. The Morgan fingerprint density at radius 1 is 1.15 bits per heavy atom. The Bertz CT molecular complexity index is 1050. The Morgan fingerprint density at radius 3 is 2.33 bits per heavy atom. The maximum atomic E-state index is 12.2. The molecule has 2 aromatic rings. The van der Waals surface area contributed by atoms with Gasteiger partial charge >= 0.3 is 0 Å². The highest BCUT2D eigenvalue weighted by Gasteiger charge is 2.46. The third-order valence-electron chi connectivity index (χ3n) is 7.61. The molecular formula is C22H41N5O4Si2. The van der Waals surface area contributed by atoms with E-state index in [0.29, 0.717) is 18.7 Å². The van der Waals surface area contributed by atoms with Crippen LogP contribution in [-0.2, 0) is 13.6 Å². The molecule has 33 heavy (non-hydrogen) atoms. The van der Waals surface area contributed by atoms with Crippen LogP contribution >= 0.6 is 0 Å². The summed E-state index contributed by atoms with van der Waals surface area (Å²) in [5.41, 5.74) is 6.09. The van der Waals surface area contributed by atoms with Crippen molar-refractivity contribution < 1.29 is 13.6 Å². The number of anilines is 1. The van der Waals surface area contributed by atoms with E-state index >= 15 is 0 Å². The highest BCUT2D eigenvalue weighted by molar-refractivity contribution is 6.74. The van der Waals surface area contributed by atoms with E-state index in [4.69, 9.17) is 19.3 Å². The number of ether oxygens (including phenoxy) is 1. The maximum absolute atomic E-state index is 12.2. The van der Waals surface area contributed by atoms with Gasteiger partial charge in [0.05, 0.1) is 19.0 Å². The third kappa shape index (κ3) is 5.27. The van der Waals surface area contributed by atoms with Gasteiger partial charge in [0.2, 0.25) is 5.95 Å². The van der Waals surface area contributed by atoms with Gasteiger partial charge < -0.3 is 19.3 Å². The van der Waals surface area contributed by atoms with E-state index in [9.17, 15) is 4.79 Å². The summed E-state index contributed by atoms with van der Waals surface area (Å²) in [7, 11) is -4.01. The quantitative estimate of drug-likeness (QED) is 0.570. The molecule has 0 spiro atoms. The zero-order chi connectivity index (χ0) is 25.0. The van der Waals surface area contributed by atoms with Crippen molar-refractivity contribution in [1.29, 1.82) is 0 Å². The summed E-state index contributed by atoms with van der Waals surface area (Å²) in [6.07, 6.45) is 1.49. The first-order chi connectivity index (χ1) is 14.9. The standard InChI is InChI=1S/C22H41N5O4Si2/c1-21(2,3)32(7,8)29-12-15-14(31-33(9,10)22(4,5)6)11-16(30-15)27-13-24-17-18(27)25-20(23)26-19(17)28/h13-16H,11-12H2,1-10H3,(H3,23,25,26,28)/t14-,15+,16+/m0/s1. The Morgan fingerprint density at radius 2 is 1.76 bits per heavy atom. The van der Waals surface area contributed by atoms with Gasteiger partial charge in [-0.2, -0.15) is 4.98 Å². The molecule has 9 nitrogen and oxygen atoms in total. The van der Waals surface area contributed by atoms with Crippen molar-refractivity contribution in [2.24, 2.45) is 0 Å². The molecule has 0 bridgehead atoms. The predicted molar refractivity (Wildman–Crippen MR) is 136 cm³/mol. The van der Waals surface area contributed by atoms with Crippen molar-refractivity contribution in [3.8, 4) is 0 Å². The van der Waals surface area contributed by atoms with Gasteiger partial charge in [0, 0.05) is 6.42 Å². The van der Waals surface area contributed by atoms with E-state index in [0.717, 1.165) is 0 Å². The summed E-state index contributed by atoms with van der Waals surface area (Å²) in [6, 6.07) is 0. The van der Waals surface area contributed by atoms with Gasteiger partial charge in [0.15, 0.2) is 27.8 Å². The van der Waals surface area contributed by atoms with Crippen LogP contribution in [0.15, 0.2) is 11.1 Å². The lowest BCUT2D eigenvalue weighted by Gasteiger charge is -2.40. The van der Waals surface area contributed by atoms with E-state index in [1.165, 1.54) is 0 Å². The molecule has 0 radical (unpaired) electrons. The van der Waals surface area contributed by atoms with Crippen LogP contribution in [0, 0.1) is 0 Å². The summed E-state index contributed by atoms with van der Waals surface area (Å²) < 4.78 is 21.6. The number of H-pyrrole nitrogens is 1. The lowest BCUT2D eigenvalue weighted by Crippen LogP contribution is -2.48. The molecule has 0 saturated carbocycles. The van der Waals surface area contributed by atoms with Crippen LogP contribution in [0.2, 0.25) is 36.3 Å². The number of nitrogens with two attached hydrogens (primary N) is 1. The van der Waals surface area contributed by atoms with Crippen LogP contribution in [0.25, 0.3) is 11.2 Å². The van der Waals surface area contributed by atoms with Crippen LogP contribution in [0.3, 0.4) is 0 Å².